The van der Waals surface area contributed by atoms with Gasteiger partial charge in [0.15, 0.2) is 20.8 Å². The molecule has 4 rings (SSSR count). The third-order valence-corrected chi connectivity index (χ3v) is 9.07. The van der Waals surface area contributed by atoms with E-state index in [4.69, 9.17) is 0 Å². The Bertz CT molecular complexity index is 1300. The van der Waals surface area contributed by atoms with E-state index in [2.05, 4.69) is 46.8 Å². The van der Waals surface area contributed by atoms with Crippen molar-refractivity contribution >= 4 is 27.4 Å². The number of ketones is 1. The summed E-state index contributed by atoms with van der Waals surface area (Å²) in [6.07, 6.45) is 0.572. The lowest BCUT2D eigenvalue weighted by Gasteiger charge is -2.12. The van der Waals surface area contributed by atoms with Crippen molar-refractivity contribution in [3.63, 3.8) is 0 Å². The molecular formula is C23H28N4O3S2. The van der Waals surface area contributed by atoms with E-state index in [0.717, 1.165) is 17.1 Å². The zero-order valence-corrected chi connectivity index (χ0v) is 20.7. The third-order valence-electron chi connectivity index (χ3n) is 6.28. The van der Waals surface area contributed by atoms with Gasteiger partial charge in [0.05, 0.1) is 17.3 Å². The molecule has 0 radical (unpaired) electrons. The van der Waals surface area contributed by atoms with Crippen LogP contribution < -0.4 is 0 Å². The number of carbonyl (C=O) groups excluding carboxylic acids is 1. The number of aryl methyl sites for hydroxylation is 3. The van der Waals surface area contributed by atoms with Crippen molar-refractivity contribution in [3.8, 4) is 5.69 Å². The second-order valence-corrected chi connectivity index (χ2v) is 11.8. The number of hydrogen-bond donors (Lipinski definition) is 0. The van der Waals surface area contributed by atoms with Gasteiger partial charge in [0, 0.05) is 35.6 Å². The molecule has 2 aromatic heterocycles. The van der Waals surface area contributed by atoms with Crippen molar-refractivity contribution < 1.29 is 13.2 Å². The van der Waals surface area contributed by atoms with Gasteiger partial charge in [-0.25, -0.2) is 8.42 Å². The predicted octanol–water partition coefficient (Wildman–Crippen LogP) is 3.72. The molecule has 3 heterocycles. The molecule has 0 N–H and O–H groups in total. The second kappa shape index (κ2) is 8.51. The lowest BCUT2D eigenvalue weighted by Crippen LogP contribution is -2.10. The van der Waals surface area contributed by atoms with Gasteiger partial charge in [-0.3, -0.25) is 4.79 Å². The van der Waals surface area contributed by atoms with Crippen LogP contribution in [-0.4, -0.2) is 50.8 Å². The highest BCUT2D eigenvalue weighted by atomic mass is 32.2. The van der Waals surface area contributed by atoms with Gasteiger partial charge in [-0.2, -0.15) is 0 Å². The van der Waals surface area contributed by atoms with Gasteiger partial charge in [0.1, 0.15) is 5.82 Å². The summed E-state index contributed by atoms with van der Waals surface area (Å²) in [4.78, 5) is 13.0. The molecule has 1 unspecified atom stereocenters. The van der Waals surface area contributed by atoms with E-state index in [9.17, 15) is 13.2 Å². The zero-order valence-electron chi connectivity index (χ0n) is 19.0. The molecule has 1 aliphatic rings. The molecule has 32 heavy (non-hydrogen) atoms. The first-order valence-electron chi connectivity index (χ1n) is 10.6. The fourth-order valence-electron chi connectivity index (χ4n) is 4.32. The molecule has 1 saturated heterocycles. The van der Waals surface area contributed by atoms with Crippen LogP contribution in [0.15, 0.2) is 29.4 Å². The highest BCUT2D eigenvalue weighted by Crippen LogP contribution is 2.30. The molecule has 1 aliphatic heterocycles. The number of hydrogen-bond acceptors (Lipinski definition) is 6. The third kappa shape index (κ3) is 4.28. The molecular weight excluding hydrogens is 444 g/mol. The molecule has 1 aromatic carbocycles. The first-order chi connectivity index (χ1) is 15.1. The molecule has 0 saturated carbocycles. The highest BCUT2D eigenvalue weighted by molar-refractivity contribution is 7.99. The summed E-state index contributed by atoms with van der Waals surface area (Å²) in [6.45, 7) is 8.16. The summed E-state index contributed by atoms with van der Waals surface area (Å²) in [5.74, 6) is 1.14. The minimum Gasteiger partial charge on any atom is -0.318 e. The topological polar surface area (TPSA) is 86.8 Å². The minimum atomic E-state index is -2.99. The average Bonchev–Trinajstić information content (AvgIpc) is 3.37. The molecule has 1 fully saturated rings. The summed E-state index contributed by atoms with van der Waals surface area (Å²) < 4.78 is 27.5. The number of benzene rings is 1. The highest BCUT2D eigenvalue weighted by Gasteiger charge is 2.32. The smallest absolute Gasteiger partial charge is 0.191 e. The van der Waals surface area contributed by atoms with Crippen LogP contribution in [0.3, 0.4) is 0 Å². The lowest BCUT2D eigenvalue weighted by atomic mass is 10.1. The zero-order chi connectivity index (χ0) is 23.2. The van der Waals surface area contributed by atoms with Crippen molar-refractivity contribution in [1.82, 2.24) is 19.3 Å². The number of Topliss-reactive ketones (excluding diaryl/α,β-unsaturated/α-hetero) is 1. The Hall–Kier alpha value is -2.39. The summed E-state index contributed by atoms with van der Waals surface area (Å²) >= 11 is 1.33. The monoisotopic (exact) mass is 472 g/mol. The van der Waals surface area contributed by atoms with Crippen LogP contribution >= 0.6 is 11.8 Å². The molecule has 3 aromatic rings. The van der Waals surface area contributed by atoms with Crippen molar-refractivity contribution in [2.45, 2.75) is 45.2 Å². The minimum absolute atomic E-state index is 0.0335. The molecule has 7 nitrogen and oxygen atoms in total. The van der Waals surface area contributed by atoms with Gasteiger partial charge in [0.25, 0.3) is 0 Å². The molecule has 170 valence electrons. The Morgan fingerprint density at radius 3 is 2.53 bits per heavy atom. The number of carbonyl (C=O) groups is 1. The molecule has 9 heteroatoms. The fraction of sp³-hybridized carbons (Fsp3) is 0.435. The number of sulfone groups is 1. The van der Waals surface area contributed by atoms with Gasteiger partial charge >= 0.3 is 0 Å². The lowest BCUT2D eigenvalue weighted by molar-refractivity contribution is 0.102. The molecule has 0 spiro atoms. The number of rotatable bonds is 6. The first kappa shape index (κ1) is 22.8. The molecule has 0 bridgehead atoms. The predicted molar refractivity (Wildman–Crippen MR) is 127 cm³/mol. The summed E-state index contributed by atoms with van der Waals surface area (Å²) in [5.41, 5.74) is 6.15. The van der Waals surface area contributed by atoms with E-state index in [1.54, 1.807) is 0 Å². The van der Waals surface area contributed by atoms with E-state index in [0.29, 0.717) is 23.0 Å². The Morgan fingerprint density at radius 1 is 1.12 bits per heavy atom. The number of nitrogens with zero attached hydrogens (tertiary/aromatic N) is 4. The van der Waals surface area contributed by atoms with Gasteiger partial charge in [0.2, 0.25) is 0 Å². The largest absolute Gasteiger partial charge is 0.318 e. The van der Waals surface area contributed by atoms with Crippen LogP contribution in [0.4, 0.5) is 0 Å². The van der Waals surface area contributed by atoms with E-state index < -0.39 is 9.84 Å². The van der Waals surface area contributed by atoms with E-state index in [1.165, 1.54) is 22.9 Å². The first-order valence-corrected chi connectivity index (χ1v) is 13.4. The van der Waals surface area contributed by atoms with Gasteiger partial charge in [-0.05, 0) is 63.4 Å². The second-order valence-electron chi connectivity index (χ2n) is 8.60. The van der Waals surface area contributed by atoms with Crippen molar-refractivity contribution in [3.05, 3.63) is 58.2 Å². The molecule has 1 atom stereocenters. The number of aromatic nitrogens is 4. The average molecular weight is 473 g/mol. The van der Waals surface area contributed by atoms with Crippen molar-refractivity contribution in [1.29, 1.82) is 0 Å². The van der Waals surface area contributed by atoms with E-state index in [1.807, 2.05) is 31.5 Å². The Kier molecular flexibility index (Phi) is 6.06. The molecule has 0 amide bonds. The maximum atomic E-state index is 13.0. The Balaban J connectivity index is 1.50. The van der Waals surface area contributed by atoms with Crippen LogP contribution in [0.2, 0.25) is 0 Å². The normalized spacial score (nSPS) is 17.7. The van der Waals surface area contributed by atoms with E-state index in [-0.39, 0.29) is 29.0 Å². The Labute approximate surface area is 193 Å². The van der Waals surface area contributed by atoms with Crippen LogP contribution in [0.5, 0.6) is 0 Å². The van der Waals surface area contributed by atoms with Crippen LogP contribution in [0.1, 0.15) is 51.0 Å². The standard InChI is InChI=1S/C23H28N4O3S2/c1-14-6-7-19(10-15(14)2)27-16(3)11-20(17(27)4)21(28)12-31-23-25-24-22(26(23)5)18-8-9-32(29,30)13-18/h6-7,10-11,18H,8-9,12-13H2,1-5H3. The van der Waals surface area contributed by atoms with Gasteiger partial charge in [-0.1, -0.05) is 17.8 Å². The van der Waals surface area contributed by atoms with Crippen LogP contribution in [0.25, 0.3) is 5.69 Å². The molecule has 0 aliphatic carbocycles. The quantitative estimate of drug-likeness (QED) is 0.401. The number of thioether (sulfide) groups is 1. The van der Waals surface area contributed by atoms with Gasteiger partial charge in [-0.15, -0.1) is 10.2 Å². The van der Waals surface area contributed by atoms with Crippen molar-refractivity contribution in [2.75, 3.05) is 17.3 Å². The van der Waals surface area contributed by atoms with Gasteiger partial charge < -0.3 is 9.13 Å². The maximum absolute atomic E-state index is 13.0. The van der Waals surface area contributed by atoms with Crippen LogP contribution in [-0.2, 0) is 16.9 Å². The fourth-order valence-corrected chi connectivity index (χ4v) is 6.86. The SMILES string of the molecule is Cc1ccc(-n2c(C)cc(C(=O)CSc3nnc(C4CCS(=O)(=O)C4)n3C)c2C)cc1C. The summed E-state index contributed by atoms with van der Waals surface area (Å²) in [7, 11) is -1.16. The Morgan fingerprint density at radius 2 is 1.88 bits per heavy atom. The maximum Gasteiger partial charge on any atom is 0.191 e. The van der Waals surface area contributed by atoms with Crippen LogP contribution in [0, 0.1) is 27.7 Å². The van der Waals surface area contributed by atoms with E-state index >= 15 is 0 Å². The van der Waals surface area contributed by atoms with Crippen molar-refractivity contribution in [2.24, 2.45) is 7.05 Å². The summed E-state index contributed by atoms with van der Waals surface area (Å²) in [6, 6.07) is 8.26. The summed E-state index contributed by atoms with van der Waals surface area (Å²) in [5, 5.41) is 9.05.